The molecule has 1 saturated heterocycles. The van der Waals surface area contributed by atoms with Gasteiger partial charge in [-0.2, -0.15) is 0 Å². The number of piperidine rings is 1. The van der Waals surface area contributed by atoms with Gasteiger partial charge in [0.25, 0.3) is 0 Å². The third-order valence-corrected chi connectivity index (χ3v) is 5.80. The van der Waals surface area contributed by atoms with Gasteiger partial charge in [-0.3, -0.25) is 4.79 Å². The number of amides is 1. The average Bonchev–Trinajstić information content (AvgIpc) is 3.05. The first kappa shape index (κ1) is 16.9. The third-order valence-electron chi connectivity index (χ3n) is 5.08. The lowest BCUT2D eigenvalue weighted by molar-refractivity contribution is -0.122. The van der Waals surface area contributed by atoms with Crippen LogP contribution in [-0.2, 0) is 11.2 Å². The molecular weight excluding hydrogens is 402 g/mol. The van der Waals surface area contributed by atoms with Gasteiger partial charge in [-0.1, -0.05) is 27.5 Å². The molecular formula is C19H19BrClN3O. The number of carbonyl (C=O) groups is 1. The normalized spacial score (nSPS) is 17.7. The number of nitrogens with zero attached hydrogens (tertiary/aromatic N) is 3. The van der Waals surface area contributed by atoms with Crippen molar-refractivity contribution in [2.45, 2.75) is 19.3 Å². The summed E-state index contributed by atoms with van der Waals surface area (Å²) in [7, 11) is 0. The zero-order valence-corrected chi connectivity index (χ0v) is 16.1. The van der Waals surface area contributed by atoms with E-state index in [1.54, 1.807) is 6.20 Å². The van der Waals surface area contributed by atoms with E-state index in [2.05, 4.69) is 37.9 Å². The third kappa shape index (κ3) is 3.40. The zero-order valence-electron chi connectivity index (χ0n) is 13.8. The minimum Gasteiger partial charge on any atom is -0.357 e. The fourth-order valence-electron chi connectivity index (χ4n) is 3.73. The van der Waals surface area contributed by atoms with Crippen LogP contribution in [0.4, 0.5) is 11.5 Å². The highest BCUT2D eigenvalue weighted by Gasteiger charge is 2.32. The smallest absolute Gasteiger partial charge is 0.230 e. The SMILES string of the molecule is O=C(C1CCN(c2ccc(Cl)cn2)CC1)N1CCc2cc(Br)ccc21. The van der Waals surface area contributed by atoms with Crippen LogP contribution in [0.25, 0.3) is 0 Å². The molecule has 1 aromatic heterocycles. The van der Waals surface area contributed by atoms with Crippen LogP contribution in [0.1, 0.15) is 18.4 Å². The number of hydrogen-bond donors (Lipinski definition) is 0. The molecule has 4 rings (SSSR count). The number of halogens is 2. The van der Waals surface area contributed by atoms with E-state index < -0.39 is 0 Å². The Morgan fingerprint density at radius 1 is 1.16 bits per heavy atom. The Balaban J connectivity index is 1.41. The van der Waals surface area contributed by atoms with E-state index in [4.69, 9.17) is 11.6 Å². The van der Waals surface area contributed by atoms with Gasteiger partial charge in [0.05, 0.1) is 5.02 Å². The van der Waals surface area contributed by atoms with Gasteiger partial charge in [-0.05, 0) is 55.2 Å². The summed E-state index contributed by atoms with van der Waals surface area (Å²) >= 11 is 9.41. The van der Waals surface area contributed by atoms with Crippen LogP contribution in [0, 0.1) is 5.92 Å². The Bertz CT molecular complexity index is 788. The van der Waals surface area contributed by atoms with E-state index in [9.17, 15) is 4.79 Å². The van der Waals surface area contributed by atoms with Gasteiger partial charge >= 0.3 is 0 Å². The van der Waals surface area contributed by atoms with Crippen molar-refractivity contribution < 1.29 is 4.79 Å². The lowest BCUT2D eigenvalue weighted by atomic mass is 9.95. The summed E-state index contributed by atoms with van der Waals surface area (Å²) in [5, 5.41) is 0.646. The van der Waals surface area contributed by atoms with Crippen LogP contribution in [0.3, 0.4) is 0 Å². The fraction of sp³-hybridized carbons (Fsp3) is 0.368. The molecule has 0 radical (unpaired) electrons. The molecule has 4 nitrogen and oxygen atoms in total. The molecule has 1 fully saturated rings. The Morgan fingerprint density at radius 2 is 1.96 bits per heavy atom. The standard InChI is InChI=1S/C19H19BrClN3O/c20-15-1-3-17-14(11-15)7-10-24(17)19(25)13-5-8-23(9-6-13)18-4-2-16(21)12-22-18/h1-4,11-13H,5-10H2. The molecule has 1 amide bonds. The molecule has 130 valence electrons. The van der Waals surface area contributed by atoms with Crippen molar-refractivity contribution in [2.24, 2.45) is 5.92 Å². The van der Waals surface area contributed by atoms with Gasteiger partial charge in [0.15, 0.2) is 0 Å². The van der Waals surface area contributed by atoms with Gasteiger partial charge < -0.3 is 9.80 Å². The van der Waals surface area contributed by atoms with Gasteiger partial charge in [0.2, 0.25) is 5.91 Å². The summed E-state index contributed by atoms with van der Waals surface area (Å²) in [6.07, 6.45) is 4.35. The number of carbonyl (C=O) groups excluding carboxylic acids is 1. The highest BCUT2D eigenvalue weighted by atomic mass is 79.9. The van der Waals surface area contributed by atoms with E-state index in [1.165, 1.54) is 5.56 Å². The van der Waals surface area contributed by atoms with E-state index >= 15 is 0 Å². The van der Waals surface area contributed by atoms with Crippen LogP contribution in [0.5, 0.6) is 0 Å². The Morgan fingerprint density at radius 3 is 2.68 bits per heavy atom. The van der Waals surface area contributed by atoms with E-state index in [1.807, 2.05) is 23.1 Å². The highest BCUT2D eigenvalue weighted by molar-refractivity contribution is 9.10. The molecule has 0 aliphatic carbocycles. The first-order valence-electron chi connectivity index (χ1n) is 8.58. The predicted molar refractivity (Wildman–Crippen MR) is 104 cm³/mol. The second kappa shape index (κ2) is 6.96. The molecule has 2 aliphatic rings. The quantitative estimate of drug-likeness (QED) is 0.726. The van der Waals surface area contributed by atoms with E-state index in [-0.39, 0.29) is 11.8 Å². The van der Waals surface area contributed by atoms with Crippen molar-refractivity contribution in [3.63, 3.8) is 0 Å². The summed E-state index contributed by atoms with van der Waals surface area (Å²) in [5.41, 5.74) is 2.33. The Kier molecular flexibility index (Phi) is 4.69. The Labute approximate surface area is 160 Å². The van der Waals surface area contributed by atoms with Crippen LogP contribution in [0.2, 0.25) is 5.02 Å². The maximum atomic E-state index is 13.0. The van der Waals surface area contributed by atoms with Crippen LogP contribution in [0.15, 0.2) is 41.0 Å². The topological polar surface area (TPSA) is 36.4 Å². The van der Waals surface area contributed by atoms with Crippen LogP contribution < -0.4 is 9.80 Å². The fourth-order valence-corrected chi connectivity index (χ4v) is 4.25. The lowest BCUT2D eigenvalue weighted by Gasteiger charge is -2.34. The van der Waals surface area contributed by atoms with Crippen LogP contribution in [-0.4, -0.2) is 30.5 Å². The van der Waals surface area contributed by atoms with Crippen molar-refractivity contribution in [2.75, 3.05) is 29.4 Å². The maximum Gasteiger partial charge on any atom is 0.230 e. The minimum absolute atomic E-state index is 0.0955. The van der Waals surface area contributed by atoms with Crippen molar-refractivity contribution in [1.29, 1.82) is 0 Å². The molecule has 0 unspecified atom stereocenters. The first-order valence-corrected chi connectivity index (χ1v) is 9.75. The second-order valence-electron chi connectivity index (χ2n) is 6.61. The van der Waals surface area contributed by atoms with E-state index in [0.717, 1.165) is 54.9 Å². The molecule has 3 heterocycles. The van der Waals surface area contributed by atoms with Crippen LogP contribution >= 0.6 is 27.5 Å². The molecule has 25 heavy (non-hydrogen) atoms. The summed E-state index contributed by atoms with van der Waals surface area (Å²) in [6, 6.07) is 9.99. The number of hydrogen-bond acceptors (Lipinski definition) is 3. The average molecular weight is 421 g/mol. The molecule has 2 aliphatic heterocycles. The first-order chi connectivity index (χ1) is 12.1. The van der Waals surface area contributed by atoms with Crippen molar-refractivity contribution in [1.82, 2.24) is 4.98 Å². The summed E-state index contributed by atoms with van der Waals surface area (Å²) in [4.78, 5) is 21.6. The molecule has 0 saturated carbocycles. The summed E-state index contributed by atoms with van der Waals surface area (Å²) in [5.74, 6) is 1.30. The molecule has 6 heteroatoms. The van der Waals surface area contributed by atoms with E-state index in [0.29, 0.717) is 5.02 Å². The predicted octanol–water partition coefficient (Wildman–Crippen LogP) is 4.30. The molecule has 0 spiro atoms. The molecule has 0 bridgehead atoms. The molecule has 1 aromatic carbocycles. The van der Waals surface area contributed by atoms with Gasteiger partial charge in [0, 0.05) is 41.9 Å². The maximum absolute atomic E-state index is 13.0. The number of fused-ring (bicyclic) bond motifs is 1. The highest BCUT2D eigenvalue weighted by Crippen LogP contribution is 2.33. The van der Waals surface area contributed by atoms with Gasteiger partial charge in [-0.15, -0.1) is 0 Å². The number of benzene rings is 1. The largest absolute Gasteiger partial charge is 0.357 e. The number of pyridine rings is 1. The van der Waals surface area contributed by atoms with Crippen molar-refractivity contribution in [3.8, 4) is 0 Å². The summed E-state index contributed by atoms with van der Waals surface area (Å²) in [6.45, 7) is 2.50. The monoisotopic (exact) mass is 419 g/mol. The molecule has 2 aromatic rings. The molecule has 0 atom stereocenters. The van der Waals surface area contributed by atoms with Gasteiger partial charge in [-0.25, -0.2) is 4.98 Å². The summed E-state index contributed by atoms with van der Waals surface area (Å²) < 4.78 is 1.07. The number of anilines is 2. The van der Waals surface area contributed by atoms with Crippen molar-refractivity contribution in [3.05, 3.63) is 51.6 Å². The number of rotatable bonds is 2. The minimum atomic E-state index is 0.0955. The lowest BCUT2D eigenvalue weighted by Crippen LogP contribution is -2.42. The van der Waals surface area contributed by atoms with Crippen molar-refractivity contribution >= 4 is 44.9 Å². The number of aromatic nitrogens is 1. The van der Waals surface area contributed by atoms with Gasteiger partial charge in [0.1, 0.15) is 5.82 Å². The zero-order chi connectivity index (χ0) is 17.4. The molecule has 0 N–H and O–H groups in total. The second-order valence-corrected chi connectivity index (χ2v) is 7.96. The Hall–Kier alpha value is -1.59.